The Bertz CT molecular complexity index is 955. The molecule has 0 bridgehead atoms. The molecule has 6 heteroatoms. The molecule has 1 atom stereocenters. The van der Waals surface area contributed by atoms with Gasteiger partial charge in [0.15, 0.2) is 5.69 Å². The first-order valence-corrected chi connectivity index (χ1v) is 10.8. The van der Waals surface area contributed by atoms with Crippen molar-refractivity contribution in [2.45, 2.75) is 49.5 Å². The molecule has 3 aliphatic rings. The van der Waals surface area contributed by atoms with Crippen LogP contribution in [0.25, 0.3) is 0 Å². The van der Waals surface area contributed by atoms with E-state index in [1.165, 1.54) is 5.56 Å². The summed E-state index contributed by atoms with van der Waals surface area (Å²) >= 11 is 0. The molecular formula is C24H27N3O3. The standard InChI is InChI=1S/C24H27N3O3/c1-2-12-27-22(28)15-19(17-6-4-3-5-7-17)24(27)10-13-26(14-11-24)23(29)20-16-21(30-25-20)18-8-9-18/h2-7,16,18-19H,1,8-15H2. The molecule has 1 aliphatic carbocycles. The first kappa shape index (κ1) is 19.1. The maximum absolute atomic E-state index is 13.0. The van der Waals surface area contributed by atoms with Crippen LogP contribution in [0.5, 0.6) is 0 Å². The number of hydrogen-bond donors (Lipinski definition) is 0. The van der Waals surface area contributed by atoms with Crippen LogP contribution in [0.1, 0.15) is 65.8 Å². The lowest BCUT2D eigenvalue weighted by Crippen LogP contribution is -2.56. The number of likely N-dealkylation sites (tertiary alicyclic amines) is 2. The molecule has 0 N–H and O–H groups in total. The molecule has 2 aliphatic heterocycles. The van der Waals surface area contributed by atoms with E-state index in [1.54, 1.807) is 12.1 Å². The Labute approximate surface area is 176 Å². The van der Waals surface area contributed by atoms with E-state index < -0.39 is 0 Å². The Morgan fingerprint density at radius 3 is 2.63 bits per heavy atom. The van der Waals surface area contributed by atoms with Crippen LogP contribution >= 0.6 is 0 Å². The van der Waals surface area contributed by atoms with E-state index in [1.807, 2.05) is 28.0 Å². The molecule has 1 saturated carbocycles. The Morgan fingerprint density at radius 2 is 1.97 bits per heavy atom. The monoisotopic (exact) mass is 405 g/mol. The molecule has 2 amide bonds. The molecule has 1 aromatic carbocycles. The zero-order chi connectivity index (χ0) is 20.7. The first-order valence-electron chi connectivity index (χ1n) is 10.8. The van der Waals surface area contributed by atoms with Crippen LogP contribution < -0.4 is 0 Å². The number of benzene rings is 1. The van der Waals surface area contributed by atoms with Crippen LogP contribution in [0.4, 0.5) is 0 Å². The fourth-order valence-electron chi connectivity index (χ4n) is 5.27. The third-order valence-electron chi connectivity index (χ3n) is 7.02. The maximum Gasteiger partial charge on any atom is 0.276 e. The lowest BCUT2D eigenvalue weighted by molar-refractivity contribution is -0.131. The van der Waals surface area contributed by atoms with Crippen LogP contribution in [0.2, 0.25) is 0 Å². The maximum atomic E-state index is 13.0. The van der Waals surface area contributed by atoms with E-state index in [-0.39, 0.29) is 23.3 Å². The summed E-state index contributed by atoms with van der Waals surface area (Å²) in [6, 6.07) is 12.1. The van der Waals surface area contributed by atoms with Gasteiger partial charge in [0.25, 0.3) is 5.91 Å². The summed E-state index contributed by atoms with van der Waals surface area (Å²) in [5, 5.41) is 4.02. The van der Waals surface area contributed by atoms with Crippen LogP contribution in [-0.4, -0.2) is 51.9 Å². The van der Waals surface area contributed by atoms with Gasteiger partial charge >= 0.3 is 0 Å². The van der Waals surface area contributed by atoms with Gasteiger partial charge in [-0.1, -0.05) is 41.6 Å². The summed E-state index contributed by atoms with van der Waals surface area (Å²) in [4.78, 5) is 29.8. The highest BCUT2D eigenvalue weighted by atomic mass is 16.5. The third kappa shape index (κ3) is 3.15. The second-order valence-corrected chi connectivity index (χ2v) is 8.74. The smallest absolute Gasteiger partial charge is 0.276 e. The molecule has 1 aromatic heterocycles. The van der Waals surface area contributed by atoms with Crippen molar-refractivity contribution < 1.29 is 14.1 Å². The molecule has 1 spiro atoms. The highest BCUT2D eigenvalue weighted by molar-refractivity contribution is 5.92. The largest absolute Gasteiger partial charge is 0.360 e. The number of carbonyl (C=O) groups excluding carboxylic acids is 2. The van der Waals surface area contributed by atoms with Gasteiger partial charge in [0, 0.05) is 44.0 Å². The number of rotatable bonds is 5. The molecular weight excluding hydrogens is 378 g/mol. The Hall–Kier alpha value is -2.89. The minimum Gasteiger partial charge on any atom is -0.360 e. The van der Waals surface area contributed by atoms with E-state index in [4.69, 9.17) is 4.52 Å². The number of aromatic nitrogens is 1. The Balaban J connectivity index is 1.37. The fourth-order valence-corrected chi connectivity index (χ4v) is 5.27. The molecule has 156 valence electrons. The van der Waals surface area contributed by atoms with Crippen molar-refractivity contribution >= 4 is 11.8 Å². The van der Waals surface area contributed by atoms with Gasteiger partial charge in [-0.05, 0) is 31.2 Å². The number of amides is 2. The van der Waals surface area contributed by atoms with Gasteiger partial charge in [-0.3, -0.25) is 9.59 Å². The topological polar surface area (TPSA) is 66.7 Å². The lowest BCUT2D eigenvalue weighted by Gasteiger charge is -2.47. The molecule has 2 saturated heterocycles. The van der Waals surface area contributed by atoms with Crippen molar-refractivity contribution in [1.82, 2.24) is 15.0 Å². The van der Waals surface area contributed by atoms with Crippen molar-refractivity contribution in [2.24, 2.45) is 0 Å². The molecule has 0 radical (unpaired) electrons. The lowest BCUT2D eigenvalue weighted by atomic mass is 9.73. The Kier molecular flexibility index (Phi) is 4.72. The quantitative estimate of drug-likeness (QED) is 0.711. The van der Waals surface area contributed by atoms with Gasteiger partial charge in [0.05, 0.1) is 5.54 Å². The fraction of sp³-hybridized carbons (Fsp3) is 0.458. The van der Waals surface area contributed by atoms with Crippen molar-refractivity contribution in [1.29, 1.82) is 0 Å². The summed E-state index contributed by atoms with van der Waals surface area (Å²) in [6.45, 7) is 5.62. The van der Waals surface area contributed by atoms with Crippen LogP contribution in [0.3, 0.4) is 0 Å². The number of hydrogen-bond acceptors (Lipinski definition) is 4. The number of piperidine rings is 1. The van der Waals surface area contributed by atoms with E-state index in [0.29, 0.717) is 37.7 Å². The van der Waals surface area contributed by atoms with Crippen LogP contribution in [0, 0.1) is 0 Å². The summed E-state index contributed by atoms with van der Waals surface area (Å²) in [7, 11) is 0. The SMILES string of the molecule is C=CCN1C(=O)CC(c2ccccc2)C12CCN(C(=O)c1cc(C3CC3)on1)CC2. The van der Waals surface area contributed by atoms with Gasteiger partial charge in [0.2, 0.25) is 5.91 Å². The van der Waals surface area contributed by atoms with E-state index in [2.05, 4.69) is 23.9 Å². The van der Waals surface area contributed by atoms with Crippen LogP contribution in [-0.2, 0) is 4.79 Å². The third-order valence-corrected chi connectivity index (χ3v) is 7.02. The minimum atomic E-state index is -0.271. The predicted octanol–water partition coefficient (Wildman–Crippen LogP) is 3.73. The van der Waals surface area contributed by atoms with Crippen LogP contribution in [0.15, 0.2) is 53.6 Å². The number of nitrogens with zero attached hydrogens (tertiary/aromatic N) is 3. The van der Waals surface area contributed by atoms with Crippen molar-refractivity contribution in [3.8, 4) is 0 Å². The number of carbonyl (C=O) groups is 2. The summed E-state index contributed by atoms with van der Waals surface area (Å²) in [5.74, 6) is 1.50. The summed E-state index contributed by atoms with van der Waals surface area (Å²) in [6.07, 6.45) is 6.06. The van der Waals surface area contributed by atoms with Crippen molar-refractivity contribution in [3.05, 3.63) is 66.1 Å². The Morgan fingerprint density at radius 1 is 1.23 bits per heavy atom. The van der Waals surface area contributed by atoms with Gasteiger partial charge < -0.3 is 14.3 Å². The summed E-state index contributed by atoms with van der Waals surface area (Å²) < 4.78 is 5.37. The molecule has 5 rings (SSSR count). The zero-order valence-corrected chi connectivity index (χ0v) is 17.1. The second-order valence-electron chi connectivity index (χ2n) is 8.74. The minimum absolute atomic E-state index is 0.0728. The van der Waals surface area contributed by atoms with Crippen molar-refractivity contribution in [3.63, 3.8) is 0 Å². The predicted molar refractivity (Wildman–Crippen MR) is 112 cm³/mol. The molecule has 3 fully saturated rings. The van der Waals surface area contributed by atoms with E-state index in [0.717, 1.165) is 31.4 Å². The first-order chi connectivity index (χ1) is 14.6. The highest BCUT2D eigenvalue weighted by Gasteiger charge is 2.54. The van der Waals surface area contributed by atoms with Gasteiger partial charge in [-0.15, -0.1) is 6.58 Å². The molecule has 1 unspecified atom stereocenters. The van der Waals surface area contributed by atoms with Gasteiger partial charge in [-0.25, -0.2) is 0 Å². The molecule has 2 aromatic rings. The molecule has 3 heterocycles. The molecule has 30 heavy (non-hydrogen) atoms. The molecule has 6 nitrogen and oxygen atoms in total. The van der Waals surface area contributed by atoms with Gasteiger partial charge in [0.1, 0.15) is 5.76 Å². The highest BCUT2D eigenvalue weighted by Crippen LogP contribution is 2.49. The average Bonchev–Trinajstić information content (AvgIpc) is 3.46. The second kappa shape index (κ2) is 7.42. The zero-order valence-electron chi connectivity index (χ0n) is 17.1. The summed E-state index contributed by atoms with van der Waals surface area (Å²) in [5.41, 5.74) is 1.33. The van der Waals surface area contributed by atoms with Crippen molar-refractivity contribution in [2.75, 3.05) is 19.6 Å². The van der Waals surface area contributed by atoms with E-state index >= 15 is 0 Å². The van der Waals surface area contributed by atoms with Gasteiger partial charge in [-0.2, -0.15) is 0 Å². The van der Waals surface area contributed by atoms with E-state index in [9.17, 15) is 9.59 Å². The average molecular weight is 405 g/mol. The normalized spacial score (nSPS) is 23.2.